The minimum Gasteiger partial charge on any atom is -0.272 e. The summed E-state index contributed by atoms with van der Waals surface area (Å²) < 4.78 is 0.929. The molecule has 2 aliphatic heterocycles. The molecule has 2 aliphatic rings. The Kier molecular flexibility index (Phi) is 5.87. The quantitative estimate of drug-likeness (QED) is 0.444. The number of amides is 2. The third kappa shape index (κ3) is 3.86. The van der Waals surface area contributed by atoms with Gasteiger partial charge in [0.2, 0.25) is 0 Å². The molecule has 0 fully saturated rings. The Morgan fingerprint density at radius 3 is 1.50 bits per heavy atom. The lowest BCUT2D eigenvalue weighted by Gasteiger charge is -2.28. The van der Waals surface area contributed by atoms with Crippen LogP contribution in [-0.2, 0) is 9.59 Å². The van der Waals surface area contributed by atoms with Crippen molar-refractivity contribution >= 4 is 50.5 Å². The Balaban J connectivity index is 1.57. The van der Waals surface area contributed by atoms with Gasteiger partial charge in [0, 0.05) is 21.8 Å². The van der Waals surface area contributed by atoms with Crippen molar-refractivity contribution in [1.82, 2.24) is 0 Å². The maximum absolute atomic E-state index is 13.8. The highest BCUT2D eigenvalue weighted by molar-refractivity contribution is 9.10. The summed E-state index contributed by atoms with van der Waals surface area (Å²) in [6.45, 7) is 3.72. The number of hydrogen-bond acceptors (Lipinski definition) is 4. The summed E-state index contributed by atoms with van der Waals surface area (Å²) in [5, 5.41) is 12.1. The summed E-state index contributed by atoms with van der Waals surface area (Å²) in [4.78, 5) is 27.5. The van der Waals surface area contributed by atoms with Crippen molar-refractivity contribution in [2.45, 2.75) is 19.8 Å². The molecule has 5 rings (SSSR count). The fourth-order valence-corrected chi connectivity index (χ4v) is 5.02. The Labute approximate surface area is 206 Å². The van der Waals surface area contributed by atoms with Gasteiger partial charge in [0.1, 0.15) is 0 Å². The number of halogens is 1. The highest BCUT2D eigenvalue weighted by Crippen LogP contribution is 2.42. The maximum atomic E-state index is 13.8. The molecule has 3 aromatic carbocycles. The number of carbonyl (C=O) groups is 2. The fourth-order valence-electron chi connectivity index (χ4n) is 4.76. The first-order valence-corrected chi connectivity index (χ1v) is 11.9. The lowest BCUT2D eigenvalue weighted by molar-refractivity contribution is -0.122. The predicted octanol–water partition coefficient (Wildman–Crippen LogP) is 5.61. The second-order valence-electron chi connectivity index (χ2n) is 8.49. The second-order valence-corrected chi connectivity index (χ2v) is 9.40. The molecule has 7 heteroatoms. The highest BCUT2D eigenvalue weighted by Gasteiger charge is 2.50. The molecule has 2 heterocycles. The Morgan fingerprint density at radius 1 is 0.676 bits per heavy atom. The number of rotatable bonds is 5. The standard InChI is InChI=1S/C27H23BrN4O2/c1-17-23(26(33)31(29-17)21-9-5-3-6-10-21)25(19-13-15-20(28)16-14-19)24-18(2)30-32(27(24)34)22-11-7-4-8-12-22/h3-16,23-25H,1-2H3/t23-,24-/m0/s1. The number of anilines is 2. The van der Waals surface area contributed by atoms with Crippen LogP contribution in [0.4, 0.5) is 11.4 Å². The SMILES string of the molecule is CC1=NN(c2ccccc2)C(=O)[C@@H]1C(c1ccc(Br)cc1)[C@H]1C(=O)N(c2ccccc2)N=C1C. The van der Waals surface area contributed by atoms with E-state index in [-0.39, 0.29) is 11.8 Å². The smallest absolute Gasteiger partial charge is 0.256 e. The molecule has 0 N–H and O–H groups in total. The lowest BCUT2D eigenvalue weighted by atomic mass is 9.73. The van der Waals surface area contributed by atoms with Gasteiger partial charge < -0.3 is 0 Å². The van der Waals surface area contributed by atoms with Crippen molar-refractivity contribution in [2.75, 3.05) is 10.0 Å². The molecule has 0 saturated heterocycles. The van der Waals surface area contributed by atoms with E-state index in [0.29, 0.717) is 22.8 Å². The van der Waals surface area contributed by atoms with Crippen LogP contribution < -0.4 is 10.0 Å². The van der Waals surface area contributed by atoms with E-state index in [1.807, 2.05) is 98.8 Å². The summed E-state index contributed by atoms with van der Waals surface area (Å²) in [5.41, 5.74) is 3.67. The Morgan fingerprint density at radius 2 is 1.09 bits per heavy atom. The van der Waals surface area contributed by atoms with Gasteiger partial charge in [0.05, 0.1) is 23.2 Å². The third-order valence-corrected chi connectivity index (χ3v) is 6.87. The molecular weight excluding hydrogens is 492 g/mol. The van der Waals surface area contributed by atoms with Gasteiger partial charge in [-0.3, -0.25) is 9.59 Å². The van der Waals surface area contributed by atoms with Crippen LogP contribution in [0.2, 0.25) is 0 Å². The molecule has 0 saturated carbocycles. The number of hydrogen-bond donors (Lipinski definition) is 0. The normalized spacial score (nSPS) is 20.2. The van der Waals surface area contributed by atoms with Crippen molar-refractivity contribution < 1.29 is 9.59 Å². The molecule has 6 nitrogen and oxygen atoms in total. The average molecular weight is 515 g/mol. The zero-order chi connectivity index (χ0) is 23.8. The van der Waals surface area contributed by atoms with Crippen molar-refractivity contribution in [3.63, 3.8) is 0 Å². The van der Waals surface area contributed by atoms with Gasteiger partial charge in [-0.15, -0.1) is 0 Å². The van der Waals surface area contributed by atoms with E-state index in [0.717, 1.165) is 10.0 Å². The van der Waals surface area contributed by atoms with Gasteiger partial charge in [-0.2, -0.15) is 10.2 Å². The largest absolute Gasteiger partial charge is 0.272 e. The zero-order valence-electron chi connectivity index (χ0n) is 18.8. The molecule has 0 unspecified atom stereocenters. The van der Waals surface area contributed by atoms with E-state index in [4.69, 9.17) is 0 Å². The van der Waals surface area contributed by atoms with Gasteiger partial charge in [0.15, 0.2) is 0 Å². The molecule has 0 radical (unpaired) electrons. The summed E-state index contributed by atoms with van der Waals surface area (Å²) >= 11 is 3.49. The van der Waals surface area contributed by atoms with E-state index in [1.54, 1.807) is 0 Å². The van der Waals surface area contributed by atoms with Crippen molar-refractivity contribution in [3.8, 4) is 0 Å². The molecule has 3 aromatic rings. The Bertz CT molecular complexity index is 1210. The van der Waals surface area contributed by atoms with Crippen LogP contribution in [0.1, 0.15) is 25.3 Å². The maximum Gasteiger partial charge on any atom is 0.256 e. The molecule has 0 bridgehead atoms. The van der Waals surface area contributed by atoms with Crippen LogP contribution >= 0.6 is 15.9 Å². The number of carbonyl (C=O) groups excluding carboxylic acids is 2. The van der Waals surface area contributed by atoms with Crippen LogP contribution in [0.15, 0.2) is 99.6 Å². The number of nitrogens with zero attached hydrogens (tertiary/aromatic N) is 4. The van der Waals surface area contributed by atoms with E-state index in [1.165, 1.54) is 10.0 Å². The van der Waals surface area contributed by atoms with Crippen molar-refractivity contribution in [2.24, 2.45) is 22.0 Å². The topological polar surface area (TPSA) is 65.3 Å². The van der Waals surface area contributed by atoms with Gasteiger partial charge in [-0.05, 0) is 55.8 Å². The molecule has 0 aliphatic carbocycles. The summed E-state index contributed by atoms with van der Waals surface area (Å²) in [5.74, 6) is -1.90. The molecule has 2 amide bonds. The molecular formula is C27H23BrN4O2. The van der Waals surface area contributed by atoms with Crippen molar-refractivity contribution in [1.29, 1.82) is 0 Å². The molecule has 170 valence electrons. The number of para-hydroxylation sites is 2. The van der Waals surface area contributed by atoms with Crippen molar-refractivity contribution in [3.05, 3.63) is 95.0 Å². The van der Waals surface area contributed by atoms with Crippen LogP contribution in [-0.4, -0.2) is 23.2 Å². The summed E-state index contributed by atoms with van der Waals surface area (Å²) in [6.07, 6.45) is 0. The lowest BCUT2D eigenvalue weighted by Crippen LogP contribution is -2.40. The predicted molar refractivity (Wildman–Crippen MR) is 138 cm³/mol. The molecule has 0 spiro atoms. The minimum absolute atomic E-state index is 0.143. The minimum atomic E-state index is -0.587. The number of hydrazone groups is 2. The molecule has 2 atom stereocenters. The molecule has 0 aromatic heterocycles. The first-order chi connectivity index (χ1) is 16.5. The molecule has 34 heavy (non-hydrogen) atoms. The van der Waals surface area contributed by atoms with Gasteiger partial charge >= 0.3 is 0 Å². The number of benzene rings is 3. The van der Waals surface area contributed by atoms with Crippen LogP contribution in [0, 0.1) is 11.8 Å². The van der Waals surface area contributed by atoms with Gasteiger partial charge in [-0.25, -0.2) is 10.0 Å². The van der Waals surface area contributed by atoms with Crippen LogP contribution in [0.25, 0.3) is 0 Å². The Hall–Kier alpha value is -3.58. The van der Waals surface area contributed by atoms with E-state index < -0.39 is 17.8 Å². The zero-order valence-corrected chi connectivity index (χ0v) is 20.4. The highest BCUT2D eigenvalue weighted by atomic mass is 79.9. The fraction of sp³-hybridized carbons (Fsp3) is 0.185. The monoisotopic (exact) mass is 514 g/mol. The van der Waals surface area contributed by atoms with E-state index >= 15 is 0 Å². The van der Waals surface area contributed by atoms with Crippen LogP contribution in [0.5, 0.6) is 0 Å². The van der Waals surface area contributed by atoms with Crippen LogP contribution in [0.3, 0.4) is 0 Å². The van der Waals surface area contributed by atoms with Gasteiger partial charge in [0.25, 0.3) is 11.8 Å². The summed E-state index contributed by atoms with van der Waals surface area (Å²) in [6, 6.07) is 26.5. The second kappa shape index (κ2) is 8.99. The van der Waals surface area contributed by atoms with E-state index in [2.05, 4.69) is 26.1 Å². The first kappa shape index (κ1) is 22.2. The van der Waals surface area contributed by atoms with E-state index in [9.17, 15) is 9.59 Å². The average Bonchev–Trinajstić information content (AvgIpc) is 3.32. The van der Waals surface area contributed by atoms with Gasteiger partial charge in [-0.1, -0.05) is 64.5 Å². The third-order valence-electron chi connectivity index (χ3n) is 6.34. The first-order valence-electron chi connectivity index (χ1n) is 11.1. The summed E-state index contributed by atoms with van der Waals surface area (Å²) in [7, 11) is 0.